The number of alkyl halides is 3. The minimum atomic E-state index is -4.41. The minimum absolute atomic E-state index is 0.173. The molecule has 7 heteroatoms. The molecule has 0 aliphatic carbocycles. The topological polar surface area (TPSA) is 62.5 Å². The van der Waals surface area contributed by atoms with Gasteiger partial charge in [0.15, 0.2) is 0 Å². The number of halogens is 3. The third-order valence-corrected chi connectivity index (χ3v) is 3.09. The van der Waals surface area contributed by atoms with Crippen LogP contribution in [0, 0.1) is 0 Å². The number of hydrogen-bond donors (Lipinski definition) is 2. The first-order chi connectivity index (χ1) is 10.3. The summed E-state index contributed by atoms with van der Waals surface area (Å²) in [4.78, 5) is 10.7. The van der Waals surface area contributed by atoms with Crippen LogP contribution in [-0.2, 0) is 17.5 Å². The highest BCUT2D eigenvalue weighted by Crippen LogP contribution is 2.32. The molecule has 2 aromatic rings. The molecule has 1 heterocycles. The molecule has 1 aromatic carbocycles. The van der Waals surface area contributed by atoms with E-state index < -0.39 is 23.8 Å². The summed E-state index contributed by atoms with van der Waals surface area (Å²) in [6.07, 6.45) is -4.41. The van der Waals surface area contributed by atoms with Crippen LogP contribution in [0.2, 0.25) is 0 Å². The van der Waals surface area contributed by atoms with Crippen molar-refractivity contribution in [2.45, 2.75) is 25.7 Å². The quantitative estimate of drug-likeness (QED) is 0.886. The zero-order chi connectivity index (χ0) is 16.3. The van der Waals surface area contributed by atoms with Crippen LogP contribution >= 0.6 is 0 Å². The lowest BCUT2D eigenvalue weighted by Crippen LogP contribution is -2.32. The Hall–Kier alpha value is -2.28. The van der Waals surface area contributed by atoms with Crippen molar-refractivity contribution in [2.75, 3.05) is 0 Å². The number of carboxylic acid groups (broad SMARTS) is 1. The van der Waals surface area contributed by atoms with Gasteiger partial charge in [-0.05, 0) is 31.2 Å². The zero-order valence-corrected chi connectivity index (χ0v) is 11.6. The fraction of sp³-hybridized carbons (Fsp3) is 0.267. The number of rotatable bonds is 5. The van der Waals surface area contributed by atoms with E-state index in [1.54, 1.807) is 12.1 Å². The van der Waals surface area contributed by atoms with Gasteiger partial charge in [0.25, 0.3) is 0 Å². The van der Waals surface area contributed by atoms with Crippen LogP contribution in [0.1, 0.15) is 18.2 Å². The Morgan fingerprint density at radius 2 is 2.05 bits per heavy atom. The largest absolute Gasteiger partial charge is 0.480 e. The molecule has 2 N–H and O–H groups in total. The minimum Gasteiger partial charge on any atom is -0.480 e. The average Bonchev–Trinajstić information content (AvgIpc) is 2.92. The summed E-state index contributed by atoms with van der Waals surface area (Å²) in [5.74, 6) is -0.254. The lowest BCUT2D eigenvalue weighted by molar-refractivity contribution is -0.139. The van der Waals surface area contributed by atoms with Crippen molar-refractivity contribution in [3.05, 3.63) is 47.7 Å². The van der Waals surface area contributed by atoms with E-state index in [0.717, 1.165) is 12.1 Å². The second kappa shape index (κ2) is 6.23. The molecule has 4 nitrogen and oxygen atoms in total. The van der Waals surface area contributed by atoms with E-state index in [1.807, 2.05) is 0 Å². The van der Waals surface area contributed by atoms with Crippen LogP contribution in [0.3, 0.4) is 0 Å². The highest BCUT2D eigenvalue weighted by molar-refractivity contribution is 5.72. The predicted molar refractivity (Wildman–Crippen MR) is 73.1 cm³/mol. The number of hydrogen-bond acceptors (Lipinski definition) is 3. The second-order valence-corrected chi connectivity index (χ2v) is 4.79. The monoisotopic (exact) mass is 313 g/mol. The number of furan rings is 1. The van der Waals surface area contributed by atoms with E-state index in [0.29, 0.717) is 17.1 Å². The Bertz CT molecular complexity index is 664. The molecule has 0 saturated heterocycles. The molecule has 0 saturated carbocycles. The van der Waals surface area contributed by atoms with Crippen molar-refractivity contribution in [2.24, 2.45) is 0 Å². The Labute approximate surface area is 124 Å². The van der Waals surface area contributed by atoms with Crippen LogP contribution in [0.5, 0.6) is 0 Å². The van der Waals surface area contributed by atoms with Gasteiger partial charge in [-0.3, -0.25) is 10.1 Å². The van der Waals surface area contributed by atoms with Crippen molar-refractivity contribution in [1.82, 2.24) is 5.32 Å². The standard InChI is InChI=1S/C15H14F3NO3/c1-9(14(20)21)19-8-12-5-6-13(22-12)10-3-2-4-11(7-10)15(16,17)18/h2-7,9,19H,8H2,1H3,(H,20,21). The van der Waals surface area contributed by atoms with Gasteiger partial charge in [0.2, 0.25) is 0 Å². The highest BCUT2D eigenvalue weighted by atomic mass is 19.4. The molecule has 0 aliphatic rings. The van der Waals surface area contributed by atoms with Crippen molar-refractivity contribution in [3.8, 4) is 11.3 Å². The molecule has 0 aliphatic heterocycles. The number of nitrogens with one attached hydrogen (secondary N) is 1. The maximum absolute atomic E-state index is 12.7. The number of aliphatic carboxylic acids is 1. The molecular weight excluding hydrogens is 299 g/mol. The molecule has 0 bridgehead atoms. The van der Waals surface area contributed by atoms with Crippen molar-refractivity contribution in [1.29, 1.82) is 0 Å². The summed E-state index contributed by atoms with van der Waals surface area (Å²) in [6, 6.07) is 7.23. The molecule has 22 heavy (non-hydrogen) atoms. The number of carboxylic acids is 1. The SMILES string of the molecule is CC(NCc1ccc(-c2cccc(C(F)(F)F)c2)o1)C(=O)O. The Balaban J connectivity index is 2.13. The van der Waals surface area contributed by atoms with Gasteiger partial charge in [-0.25, -0.2) is 0 Å². The summed E-state index contributed by atoms with van der Waals surface area (Å²) < 4.78 is 43.5. The van der Waals surface area contributed by atoms with Crippen LogP contribution in [-0.4, -0.2) is 17.1 Å². The first-order valence-electron chi connectivity index (χ1n) is 6.50. The van der Waals surface area contributed by atoms with Crippen LogP contribution < -0.4 is 5.32 Å². The fourth-order valence-corrected chi connectivity index (χ4v) is 1.82. The molecule has 1 unspecified atom stereocenters. The van der Waals surface area contributed by atoms with Gasteiger partial charge in [-0.2, -0.15) is 13.2 Å². The maximum atomic E-state index is 12.7. The van der Waals surface area contributed by atoms with Gasteiger partial charge in [0.05, 0.1) is 12.1 Å². The van der Waals surface area contributed by atoms with E-state index in [9.17, 15) is 18.0 Å². The van der Waals surface area contributed by atoms with E-state index >= 15 is 0 Å². The highest BCUT2D eigenvalue weighted by Gasteiger charge is 2.30. The number of carbonyl (C=O) groups is 1. The molecule has 1 atom stereocenters. The third kappa shape index (κ3) is 3.88. The van der Waals surface area contributed by atoms with Crippen molar-refractivity contribution >= 4 is 5.97 Å². The summed E-state index contributed by atoms with van der Waals surface area (Å²) >= 11 is 0. The summed E-state index contributed by atoms with van der Waals surface area (Å²) in [5, 5.41) is 11.5. The first-order valence-corrected chi connectivity index (χ1v) is 6.50. The van der Waals surface area contributed by atoms with Gasteiger partial charge in [0, 0.05) is 5.56 Å². The summed E-state index contributed by atoms with van der Waals surface area (Å²) in [5.41, 5.74) is -0.437. The molecule has 1 aromatic heterocycles. The third-order valence-electron chi connectivity index (χ3n) is 3.09. The zero-order valence-electron chi connectivity index (χ0n) is 11.6. The van der Waals surface area contributed by atoms with Crippen LogP contribution in [0.4, 0.5) is 13.2 Å². The van der Waals surface area contributed by atoms with Gasteiger partial charge >= 0.3 is 12.1 Å². The van der Waals surface area contributed by atoms with E-state index in [2.05, 4.69) is 5.32 Å². The molecule has 0 amide bonds. The maximum Gasteiger partial charge on any atom is 0.416 e. The summed E-state index contributed by atoms with van der Waals surface area (Å²) in [7, 11) is 0. The second-order valence-electron chi connectivity index (χ2n) is 4.79. The van der Waals surface area contributed by atoms with Crippen LogP contribution in [0.15, 0.2) is 40.8 Å². The molecule has 0 spiro atoms. The van der Waals surface area contributed by atoms with Crippen LogP contribution in [0.25, 0.3) is 11.3 Å². The van der Waals surface area contributed by atoms with Gasteiger partial charge in [0.1, 0.15) is 17.6 Å². The lowest BCUT2D eigenvalue weighted by atomic mass is 10.1. The van der Waals surface area contributed by atoms with Gasteiger partial charge in [-0.15, -0.1) is 0 Å². The van der Waals surface area contributed by atoms with Gasteiger partial charge < -0.3 is 9.52 Å². The Morgan fingerprint density at radius 1 is 1.32 bits per heavy atom. The normalized spacial score (nSPS) is 13.1. The number of benzene rings is 1. The molecule has 0 fully saturated rings. The van der Waals surface area contributed by atoms with E-state index in [4.69, 9.17) is 9.52 Å². The lowest BCUT2D eigenvalue weighted by Gasteiger charge is -2.08. The van der Waals surface area contributed by atoms with Gasteiger partial charge in [-0.1, -0.05) is 12.1 Å². The van der Waals surface area contributed by atoms with E-state index in [-0.39, 0.29) is 6.54 Å². The smallest absolute Gasteiger partial charge is 0.416 e. The first kappa shape index (κ1) is 16.1. The van der Waals surface area contributed by atoms with Crippen molar-refractivity contribution < 1.29 is 27.5 Å². The molecule has 118 valence electrons. The van der Waals surface area contributed by atoms with Crippen molar-refractivity contribution in [3.63, 3.8) is 0 Å². The molecule has 0 radical (unpaired) electrons. The Kier molecular flexibility index (Phi) is 4.56. The predicted octanol–water partition coefficient (Wildman–Crippen LogP) is 3.53. The average molecular weight is 313 g/mol. The molecular formula is C15H14F3NO3. The fourth-order valence-electron chi connectivity index (χ4n) is 1.82. The Morgan fingerprint density at radius 3 is 2.68 bits per heavy atom. The molecule has 2 rings (SSSR count). The summed E-state index contributed by atoms with van der Waals surface area (Å²) in [6.45, 7) is 1.66. The van der Waals surface area contributed by atoms with E-state index in [1.165, 1.54) is 19.1 Å².